The third kappa shape index (κ3) is 11.5. The van der Waals surface area contributed by atoms with Crippen LogP contribution in [0.15, 0.2) is 48.5 Å². The Balaban J connectivity index is 1.43. The summed E-state index contributed by atoms with van der Waals surface area (Å²) in [6.45, 7) is 6.10. The molecule has 15 N–H and O–H groups in total. The highest BCUT2D eigenvalue weighted by molar-refractivity contribution is 6.02. The van der Waals surface area contributed by atoms with E-state index in [-0.39, 0.29) is 89.8 Å². The molecule has 0 saturated carbocycles. The molecule has 4 bridgehead atoms. The van der Waals surface area contributed by atoms with E-state index in [2.05, 4.69) is 45.8 Å². The Kier molecular flexibility index (Phi) is 16.1. The second kappa shape index (κ2) is 21.6. The van der Waals surface area contributed by atoms with Gasteiger partial charge in [-0.05, 0) is 97.7 Å². The van der Waals surface area contributed by atoms with Gasteiger partial charge < -0.3 is 73.7 Å². The molecule has 1 aromatic heterocycles. The highest BCUT2D eigenvalue weighted by Gasteiger charge is 2.37. The summed E-state index contributed by atoms with van der Waals surface area (Å²) in [7, 11) is 1.28. The van der Waals surface area contributed by atoms with Gasteiger partial charge in [0, 0.05) is 43.2 Å². The molecular formula is C48H62N10O11. The van der Waals surface area contributed by atoms with Crippen molar-refractivity contribution in [3.63, 3.8) is 0 Å². The van der Waals surface area contributed by atoms with E-state index in [1.165, 1.54) is 55.4 Å². The topological polar surface area (TPSA) is 354 Å². The highest BCUT2D eigenvalue weighted by Crippen LogP contribution is 2.45. The monoisotopic (exact) mass is 954 g/mol. The zero-order chi connectivity index (χ0) is 50.5. The number of amides is 4. The number of anilines is 1. The first kappa shape index (κ1) is 51.5. The van der Waals surface area contributed by atoms with Crippen molar-refractivity contribution < 1.29 is 53.9 Å². The van der Waals surface area contributed by atoms with Crippen molar-refractivity contribution in [2.45, 2.75) is 95.2 Å². The molecule has 3 unspecified atom stereocenters. The second-order valence-electron chi connectivity index (χ2n) is 18.1. The lowest BCUT2D eigenvalue weighted by molar-refractivity contribution is -0.143. The number of aliphatic hydroxyl groups is 2. The van der Waals surface area contributed by atoms with E-state index in [0.29, 0.717) is 11.4 Å². The molecule has 0 radical (unpaired) electrons. The van der Waals surface area contributed by atoms with Gasteiger partial charge in [-0.3, -0.25) is 19.2 Å². The lowest BCUT2D eigenvalue weighted by Crippen LogP contribution is -2.55. The normalized spacial score (nSPS) is 18.9. The number of phenolic OH excluding ortho intramolecular Hbond substituents is 1. The average molecular weight is 955 g/mol. The molecular weight excluding hydrogens is 893 g/mol. The number of aliphatic carboxylic acids is 1. The first-order chi connectivity index (χ1) is 32.7. The fourth-order valence-electron chi connectivity index (χ4n) is 8.51. The summed E-state index contributed by atoms with van der Waals surface area (Å²) in [5, 5.41) is 50.4. The lowest BCUT2D eigenvalue weighted by atomic mass is 9.86. The molecule has 21 nitrogen and oxygen atoms in total. The minimum Gasteiger partial charge on any atom is -0.504 e. The average Bonchev–Trinajstić information content (AvgIpc) is 3.62. The van der Waals surface area contributed by atoms with Crippen molar-refractivity contribution >= 4 is 35.4 Å². The molecule has 4 amide bonds. The molecule has 4 aromatic rings. The number of aliphatic hydroxyl groups excluding tert-OH is 2. The van der Waals surface area contributed by atoms with Crippen molar-refractivity contribution in [2.24, 2.45) is 17.2 Å². The molecule has 6 rings (SSSR count). The van der Waals surface area contributed by atoms with Crippen molar-refractivity contribution in [2.75, 3.05) is 45.6 Å². The van der Waals surface area contributed by atoms with Crippen molar-refractivity contribution in [3.8, 4) is 39.8 Å². The molecule has 0 fully saturated rings. The van der Waals surface area contributed by atoms with E-state index in [4.69, 9.17) is 32.4 Å². The van der Waals surface area contributed by atoms with Crippen LogP contribution in [0.5, 0.6) is 17.2 Å². The summed E-state index contributed by atoms with van der Waals surface area (Å²) < 4.78 is 11.8. The number of nitrogens with one attached hydrogen (secondary N) is 3. The van der Waals surface area contributed by atoms with Gasteiger partial charge in [0.05, 0.1) is 5.69 Å². The largest absolute Gasteiger partial charge is 0.504 e. The highest BCUT2D eigenvalue weighted by atomic mass is 16.5. The predicted octanol–water partition coefficient (Wildman–Crippen LogP) is 0.305. The molecule has 370 valence electrons. The fourth-order valence-corrected chi connectivity index (χ4v) is 8.51. The molecule has 6 atom stereocenters. The number of carboxylic acids is 1. The Morgan fingerprint density at radius 3 is 2.25 bits per heavy atom. The van der Waals surface area contributed by atoms with Gasteiger partial charge in [-0.1, -0.05) is 32.0 Å². The summed E-state index contributed by atoms with van der Waals surface area (Å²) in [5.41, 5.74) is 27.5. The quantitative estimate of drug-likeness (QED) is 0.0720. The smallest absolute Gasteiger partial charge is 0.326 e. The number of hydrogen-bond donors (Lipinski definition) is 11. The van der Waals surface area contributed by atoms with Crippen LogP contribution in [0.1, 0.15) is 78.0 Å². The molecule has 3 aromatic carbocycles. The summed E-state index contributed by atoms with van der Waals surface area (Å²) in [4.78, 5) is 79.7. The van der Waals surface area contributed by atoms with Crippen molar-refractivity contribution in [3.05, 3.63) is 82.0 Å². The number of nitrogens with zero attached hydrogens (tertiary/aromatic N) is 3. The summed E-state index contributed by atoms with van der Waals surface area (Å²) in [6.07, 6.45) is -0.790. The maximum Gasteiger partial charge on any atom is 0.326 e. The number of aromatic hydroxyl groups is 1. The number of rotatable bonds is 16. The molecule has 21 heteroatoms. The second-order valence-corrected chi connectivity index (χ2v) is 18.1. The van der Waals surface area contributed by atoms with Crippen LogP contribution >= 0.6 is 0 Å². The van der Waals surface area contributed by atoms with Crippen LogP contribution in [0, 0.1) is 6.92 Å². The first-order valence-electron chi connectivity index (χ1n) is 22.6. The van der Waals surface area contributed by atoms with Crippen LogP contribution in [-0.2, 0) is 37.4 Å². The number of aryl methyl sites for hydroxylation is 2. The maximum atomic E-state index is 14.8. The Morgan fingerprint density at radius 2 is 1.61 bits per heavy atom. The van der Waals surface area contributed by atoms with Crippen molar-refractivity contribution in [1.29, 1.82) is 0 Å². The van der Waals surface area contributed by atoms with Crippen LogP contribution < -0.4 is 48.4 Å². The first-order valence-corrected chi connectivity index (χ1v) is 22.6. The number of carbonyl (C=O) groups is 5. The Hall–Kier alpha value is -6.91. The van der Waals surface area contributed by atoms with Gasteiger partial charge in [0.2, 0.25) is 17.7 Å². The van der Waals surface area contributed by atoms with E-state index in [1.807, 2.05) is 12.1 Å². The number of ether oxygens (including phenoxy) is 2. The van der Waals surface area contributed by atoms with Crippen LogP contribution in [0.2, 0.25) is 0 Å². The van der Waals surface area contributed by atoms with E-state index in [1.54, 1.807) is 6.92 Å². The van der Waals surface area contributed by atoms with E-state index in [9.17, 15) is 44.4 Å². The molecule has 0 spiro atoms. The predicted molar refractivity (Wildman–Crippen MR) is 254 cm³/mol. The minimum atomic E-state index is -1.68. The fraction of sp³-hybridized carbons (Fsp3) is 0.438. The Morgan fingerprint density at radius 1 is 0.928 bits per heavy atom. The number of benzene rings is 3. The van der Waals surface area contributed by atoms with Crippen LogP contribution in [0.4, 0.5) is 5.82 Å². The molecule has 2 aliphatic rings. The third-order valence-electron chi connectivity index (χ3n) is 12.5. The standard InChI is InChI=1S/C48H62N10O11/c1-23-38(41(52)57-42(53-23)27-7-8-33-26(16-27)10-12-48(33,3)4)44(63)55-34(11-13-49)46(65)58(5)39-28-17-32(40(61)37(18-28)69-22-30(60)20-51)31-14-25(6-9-36(31)68-21-29(59)19-50)15-35(47(66)67)56-43(62)24(2)54-45(39)64/h6-9,14,16-18,24,29-30,34-35,39,59-61H,10-13,15,19-22,49-51H2,1-5H3,(H,54,64)(H,55,63)(H,56,62)(H,66,67)(H2,52,53,57)/t24-,29?,30?,34?,35-,39-/m0/s1. The van der Waals surface area contributed by atoms with Gasteiger partial charge in [-0.15, -0.1) is 0 Å². The lowest BCUT2D eigenvalue weighted by Gasteiger charge is -2.33. The minimum absolute atomic E-state index is 0.00293. The number of nitrogen functional groups attached to an aromatic ring is 1. The zero-order valence-electron chi connectivity index (χ0n) is 39.2. The number of carbonyl (C=O) groups excluding carboxylic acids is 4. The van der Waals surface area contributed by atoms with E-state index < -0.39 is 78.3 Å². The summed E-state index contributed by atoms with van der Waals surface area (Å²) >= 11 is 0. The number of fused-ring (bicyclic) bond motifs is 6. The number of aromatic nitrogens is 2. The summed E-state index contributed by atoms with van der Waals surface area (Å²) in [6, 6.07) is 7.20. The molecule has 1 aliphatic carbocycles. The third-order valence-corrected chi connectivity index (χ3v) is 12.5. The molecule has 69 heavy (non-hydrogen) atoms. The molecule has 0 saturated heterocycles. The van der Waals surface area contributed by atoms with E-state index >= 15 is 0 Å². The SMILES string of the molecule is Cc1nc(-c2ccc3c(c2)CCC3(C)C)nc(N)c1C(=O)NC(CCN)C(=O)N(C)[C@@H]1C(=O)N[C@@H](C)C(=O)N[C@H](C(=O)O)Cc2ccc(OCC(O)CN)c(c2)-c2cc1cc(OCC(O)CN)c2O. The number of nitrogens with two attached hydrogens (primary N) is 4. The van der Waals surface area contributed by atoms with Gasteiger partial charge in [0.1, 0.15) is 66.7 Å². The van der Waals surface area contributed by atoms with Gasteiger partial charge in [-0.25, -0.2) is 14.8 Å². The van der Waals surface area contributed by atoms with Crippen LogP contribution in [0.3, 0.4) is 0 Å². The van der Waals surface area contributed by atoms with E-state index in [0.717, 1.165) is 23.3 Å². The van der Waals surface area contributed by atoms with Crippen molar-refractivity contribution in [1.82, 2.24) is 30.8 Å². The van der Waals surface area contributed by atoms with Crippen LogP contribution in [0.25, 0.3) is 22.5 Å². The van der Waals surface area contributed by atoms with Crippen LogP contribution in [-0.4, -0.2) is 135 Å². The summed E-state index contributed by atoms with van der Waals surface area (Å²) in [5.74, 6) is -5.37. The number of likely N-dealkylation sites (N-methyl/N-ethyl adjacent to an activating group) is 1. The van der Waals surface area contributed by atoms with Gasteiger partial charge in [0.25, 0.3) is 5.91 Å². The maximum absolute atomic E-state index is 14.8. The van der Waals surface area contributed by atoms with Gasteiger partial charge in [-0.2, -0.15) is 0 Å². The Labute approximate surface area is 398 Å². The number of hydrogen-bond acceptors (Lipinski definition) is 16. The number of phenols is 1. The van der Waals surface area contributed by atoms with Gasteiger partial charge in [0.15, 0.2) is 17.3 Å². The number of carboxylic acid groups (broad SMARTS) is 1. The van der Waals surface area contributed by atoms with Gasteiger partial charge >= 0.3 is 5.97 Å². The molecule has 2 heterocycles. The zero-order valence-corrected chi connectivity index (χ0v) is 39.2. The molecule has 1 aliphatic heterocycles. The Bertz CT molecular complexity index is 2590.